The summed E-state index contributed by atoms with van der Waals surface area (Å²) in [5.74, 6) is 1.13. The van der Waals surface area contributed by atoms with Crippen LogP contribution in [0.4, 0.5) is 15.3 Å². The van der Waals surface area contributed by atoms with Gasteiger partial charge in [0.05, 0.1) is 17.0 Å². The molecule has 1 N–H and O–H groups in total. The second-order valence-electron chi connectivity index (χ2n) is 17.6. The number of hydrogen-bond donors (Lipinski definition) is 1. The van der Waals surface area contributed by atoms with Gasteiger partial charge in [-0.1, -0.05) is 31.5 Å². The second-order valence-corrected chi connectivity index (χ2v) is 17.6. The van der Waals surface area contributed by atoms with Crippen molar-refractivity contribution in [3.8, 4) is 0 Å². The molecular weight excluding hydrogens is 707 g/mol. The highest BCUT2D eigenvalue weighted by Gasteiger charge is 2.32. The third-order valence-electron chi connectivity index (χ3n) is 10.1. The summed E-state index contributed by atoms with van der Waals surface area (Å²) in [5, 5.41) is 3.12. The first-order chi connectivity index (χ1) is 26.5. The molecule has 0 saturated carbocycles. The summed E-state index contributed by atoms with van der Waals surface area (Å²) < 4.78 is 18.6. The lowest BCUT2D eigenvalue weighted by molar-refractivity contribution is -0.121. The molecule has 2 fully saturated rings. The van der Waals surface area contributed by atoms with Gasteiger partial charge in [0.15, 0.2) is 0 Å². The van der Waals surface area contributed by atoms with Crippen molar-refractivity contribution < 1.29 is 28.6 Å². The number of carbonyl (C=O) groups excluding carboxylic acids is 3. The maximum absolute atomic E-state index is 13.0. The van der Waals surface area contributed by atoms with Crippen molar-refractivity contribution in [3.63, 3.8) is 0 Å². The number of piperidine rings is 2. The van der Waals surface area contributed by atoms with Crippen LogP contribution in [0.5, 0.6) is 0 Å². The summed E-state index contributed by atoms with van der Waals surface area (Å²) in [5.41, 5.74) is 5.63. The molecular formula is C45H69N5O6. The summed E-state index contributed by atoms with van der Waals surface area (Å²) in [6.07, 6.45) is 8.26. The molecule has 310 valence electrons. The van der Waals surface area contributed by atoms with Crippen molar-refractivity contribution in [1.82, 2.24) is 19.4 Å². The van der Waals surface area contributed by atoms with Gasteiger partial charge in [0.25, 0.3) is 0 Å². The minimum absolute atomic E-state index is 0.0259. The fraction of sp³-hybridized carbons (Fsp3) is 0.644. The molecule has 0 aliphatic carbocycles. The van der Waals surface area contributed by atoms with Crippen LogP contribution >= 0.6 is 0 Å². The van der Waals surface area contributed by atoms with E-state index < -0.39 is 11.2 Å². The average Bonchev–Trinajstić information content (AvgIpc) is 3.49. The molecule has 11 heteroatoms. The Morgan fingerprint density at radius 3 is 2.09 bits per heavy atom. The zero-order valence-electron chi connectivity index (χ0n) is 36.0. The Hall–Kier alpha value is -4.12. The molecule has 3 heterocycles. The number of rotatable bonds is 11. The van der Waals surface area contributed by atoms with Gasteiger partial charge >= 0.3 is 12.2 Å². The lowest BCUT2D eigenvalue weighted by Crippen LogP contribution is -2.45. The Kier molecular flexibility index (Phi) is 16.2. The van der Waals surface area contributed by atoms with E-state index in [4.69, 9.17) is 19.2 Å². The number of likely N-dealkylation sites (tertiary alicyclic amines) is 2. The average molecular weight is 776 g/mol. The van der Waals surface area contributed by atoms with Gasteiger partial charge in [0.1, 0.15) is 17.0 Å². The Balaban J connectivity index is 0.000000249. The van der Waals surface area contributed by atoms with Crippen LogP contribution in [0.3, 0.4) is 0 Å². The molecule has 1 aromatic heterocycles. The third kappa shape index (κ3) is 13.5. The first-order valence-electron chi connectivity index (χ1n) is 20.8. The monoisotopic (exact) mass is 776 g/mol. The molecule has 2 atom stereocenters. The van der Waals surface area contributed by atoms with Crippen molar-refractivity contribution in [2.45, 2.75) is 144 Å². The Morgan fingerprint density at radius 2 is 1.45 bits per heavy atom. The first-order valence-corrected chi connectivity index (χ1v) is 20.8. The van der Waals surface area contributed by atoms with Gasteiger partial charge in [0.2, 0.25) is 5.91 Å². The number of fused-ring (bicyclic) bond motifs is 1. The summed E-state index contributed by atoms with van der Waals surface area (Å²) in [7, 11) is 1.71. The number of aromatic nitrogens is 2. The van der Waals surface area contributed by atoms with Gasteiger partial charge in [-0.25, -0.2) is 14.6 Å². The van der Waals surface area contributed by atoms with Gasteiger partial charge in [0, 0.05) is 58.0 Å². The first kappa shape index (κ1) is 44.6. The van der Waals surface area contributed by atoms with Gasteiger partial charge in [-0.15, -0.1) is 0 Å². The molecule has 5 rings (SSSR count). The van der Waals surface area contributed by atoms with E-state index in [0.29, 0.717) is 19.6 Å². The van der Waals surface area contributed by atoms with Gasteiger partial charge in [-0.3, -0.25) is 4.79 Å². The van der Waals surface area contributed by atoms with Crippen LogP contribution < -0.4 is 5.32 Å². The van der Waals surface area contributed by atoms with Crippen LogP contribution in [-0.4, -0.2) is 88.5 Å². The number of anilines is 1. The molecule has 2 aliphatic heterocycles. The van der Waals surface area contributed by atoms with E-state index in [-0.39, 0.29) is 29.9 Å². The number of imidazole rings is 1. The van der Waals surface area contributed by atoms with Crippen LogP contribution in [0.25, 0.3) is 11.0 Å². The lowest BCUT2D eigenvalue weighted by atomic mass is 9.96. The number of unbranched alkanes of at least 4 members (excludes halogenated alkanes) is 2. The van der Waals surface area contributed by atoms with E-state index in [9.17, 15) is 14.4 Å². The van der Waals surface area contributed by atoms with Gasteiger partial charge in [-0.05, 0) is 142 Å². The Bertz CT molecular complexity index is 1760. The number of aryl methyl sites for hydroxylation is 4. The van der Waals surface area contributed by atoms with E-state index in [1.807, 2.05) is 59.4 Å². The molecule has 0 spiro atoms. The number of nitrogens with zero attached hydrogens (tertiary/aromatic N) is 4. The fourth-order valence-electron chi connectivity index (χ4n) is 7.31. The number of methoxy groups -OCH3 is 1. The molecule has 2 saturated heterocycles. The van der Waals surface area contributed by atoms with Crippen molar-refractivity contribution in [2.24, 2.45) is 5.92 Å². The van der Waals surface area contributed by atoms with E-state index in [2.05, 4.69) is 54.1 Å². The number of carbonyl (C=O) groups is 3. The fourth-order valence-corrected chi connectivity index (χ4v) is 7.31. The van der Waals surface area contributed by atoms with Crippen LogP contribution in [0.15, 0.2) is 36.4 Å². The minimum atomic E-state index is -0.536. The maximum atomic E-state index is 13.0. The summed E-state index contributed by atoms with van der Waals surface area (Å²) in [6.45, 7) is 21.9. The molecule has 0 unspecified atom stereocenters. The topological polar surface area (TPSA) is 115 Å². The highest BCUT2D eigenvalue weighted by Crippen LogP contribution is 2.31. The van der Waals surface area contributed by atoms with Crippen LogP contribution in [0, 0.1) is 19.8 Å². The zero-order valence-corrected chi connectivity index (χ0v) is 36.0. The zero-order chi connectivity index (χ0) is 41.0. The standard InChI is InChI=1S/C23H36N2O4.C22H33N3O2/c1-17-11-12-18(9-6-7-14-28-5)20(15-17)24-21(26)19-10-8-13-25(16-19)22(27)29-23(2,3)4;1-6-7-13-25-19-11-10-16(2)14-18(19)23-20(25)17-9-8-12-24(15-17)21(26)27-22(3,4)5/h11-12,15,19H,6-10,13-14,16H2,1-5H3,(H,24,26);10-11,14,17H,6-9,12-13,15H2,1-5H3/t19-;17-/m11/s1. The number of nitrogens with one attached hydrogen (secondary N) is 1. The highest BCUT2D eigenvalue weighted by atomic mass is 16.6. The Labute approximate surface area is 335 Å². The van der Waals surface area contributed by atoms with Crippen molar-refractivity contribution in [2.75, 3.05) is 45.2 Å². The molecule has 0 bridgehead atoms. The van der Waals surface area contributed by atoms with Crippen LogP contribution in [0.2, 0.25) is 0 Å². The summed E-state index contributed by atoms with van der Waals surface area (Å²) in [4.78, 5) is 46.4. The van der Waals surface area contributed by atoms with Crippen molar-refractivity contribution in [3.05, 3.63) is 58.9 Å². The van der Waals surface area contributed by atoms with Crippen molar-refractivity contribution in [1.29, 1.82) is 0 Å². The van der Waals surface area contributed by atoms with E-state index in [0.717, 1.165) is 106 Å². The van der Waals surface area contributed by atoms with Gasteiger partial charge < -0.3 is 33.9 Å². The largest absolute Gasteiger partial charge is 0.444 e. The van der Waals surface area contributed by atoms with Crippen LogP contribution in [-0.2, 0) is 32.0 Å². The number of benzene rings is 2. The third-order valence-corrected chi connectivity index (χ3v) is 10.1. The SMILES string of the molecule is CCCCn1c([C@@H]2CCCN(C(=O)OC(C)(C)C)C2)nc2cc(C)ccc21.COCCCCc1ccc(C)cc1NC(=O)[C@@H]1CCCN(C(=O)OC(C)(C)C)C1. The number of amides is 3. The molecule has 11 nitrogen and oxygen atoms in total. The molecule has 3 amide bonds. The maximum Gasteiger partial charge on any atom is 0.410 e. The van der Waals surface area contributed by atoms with Crippen LogP contribution in [0.1, 0.15) is 128 Å². The van der Waals surface area contributed by atoms with E-state index >= 15 is 0 Å². The minimum Gasteiger partial charge on any atom is -0.444 e. The lowest BCUT2D eigenvalue weighted by Gasteiger charge is -2.34. The van der Waals surface area contributed by atoms with E-state index in [1.165, 1.54) is 11.1 Å². The quantitative estimate of drug-likeness (QED) is 0.193. The molecule has 2 aromatic carbocycles. The second kappa shape index (κ2) is 20.3. The highest BCUT2D eigenvalue weighted by molar-refractivity contribution is 5.94. The number of hydrogen-bond acceptors (Lipinski definition) is 7. The summed E-state index contributed by atoms with van der Waals surface area (Å²) >= 11 is 0. The predicted octanol–water partition coefficient (Wildman–Crippen LogP) is 9.81. The van der Waals surface area contributed by atoms with Gasteiger partial charge in [-0.2, -0.15) is 0 Å². The number of ether oxygens (including phenoxy) is 3. The van der Waals surface area contributed by atoms with E-state index in [1.54, 1.807) is 12.0 Å². The Morgan fingerprint density at radius 1 is 0.821 bits per heavy atom. The predicted molar refractivity (Wildman–Crippen MR) is 224 cm³/mol. The summed E-state index contributed by atoms with van der Waals surface area (Å²) in [6, 6.07) is 12.7. The molecule has 0 radical (unpaired) electrons. The van der Waals surface area contributed by atoms with Crippen molar-refractivity contribution >= 4 is 34.8 Å². The smallest absolute Gasteiger partial charge is 0.410 e. The molecule has 56 heavy (non-hydrogen) atoms. The normalized spacial score (nSPS) is 17.6. The molecule has 2 aliphatic rings. The molecule has 3 aromatic rings.